The van der Waals surface area contributed by atoms with Crippen molar-refractivity contribution in [3.8, 4) is 0 Å². The Hall–Kier alpha value is -0.0900. The van der Waals surface area contributed by atoms with Crippen molar-refractivity contribution in [1.29, 1.82) is 0 Å². The van der Waals surface area contributed by atoms with Gasteiger partial charge in [-0.1, -0.05) is 13.8 Å². The van der Waals surface area contributed by atoms with Gasteiger partial charge in [0.25, 0.3) is 0 Å². The van der Waals surface area contributed by atoms with Gasteiger partial charge in [-0.2, -0.15) is 0 Å². The predicted octanol–water partition coefficient (Wildman–Crippen LogP) is 1.98. The Bertz CT molecular complexity index is 311. The molecule has 1 rings (SSSR count). The highest BCUT2D eigenvalue weighted by Crippen LogP contribution is 2.30. The van der Waals surface area contributed by atoms with E-state index in [4.69, 9.17) is 0 Å². The van der Waals surface area contributed by atoms with Crippen molar-refractivity contribution in [2.45, 2.75) is 63.5 Å². The lowest BCUT2D eigenvalue weighted by atomic mass is 9.85. The molecule has 16 heavy (non-hydrogen) atoms. The molecule has 3 nitrogen and oxygen atoms in total. The van der Waals surface area contributed by atoms with Gasteiger partial charge in [0.2, 0.25) is 0 Å². The standard InChI is InChI=1S/C12H25NO2S/c1-5-13-12-7-6-11(8-10(12)4)16(14,15)9(2)3/h9-13H,5-8H2,1-4H3. The Labute approximate surface area is 99.9 Å². The van der Waals surface area contributed by atoms with Gasteiger partial charge in [-0.15, -0.1) is 0 Å². The van der Waals surface area contributed by atoms with E-state index in [-0.39, 0.29) is 10.5 Å². The van der Waals surface area contributed by atoms with Crippen molar-refractivity contribution in [3.63, 3.8) is 0 Å². The minimum Gasteiger partial charge on any atom is -0.314 e. The molecule has 1 aliphatic carbocycles. The molecule has 0 radical (unpaired) electrons. The minimum atomic E-state index is -2.90. The first kappa shape index (κ1) is 14.0. The average Bonchev–Trinajstić information content (AvgIpc) is 2.21. The summed E-state index contributed by atoms with van der Waals surface area (Å²) >= 11 is 0. The van der Waals surface area contributed by atoms with Gasteiger partial charge in [0.1, 0.15) is 0 Å². The molecule has 0 amide bonds. The number of hydrogen-bond donors (Lipinski definition) is 1. The number of sulfone groups is 1. The first-order valence-corrected chi connectivity index (χ1v) is 7.96. The van der Waals surface area contributed by atoms with Crippen LogP contribution < -0.4 is 5.32 Å². The quantitative estimate of drug-likeness (QED) is 0.826. The molecule has 1 N–H and O–H groups in total. The highest BCUT2D eigenvalue weighted by atomic mass is 32.2. The van der Waals surface area contributed by atoms with Gasteiger partial charge in [0.05, 0.1) is 10.5 Å². The Morgan fingerprint density at radius 1 is 1.31 bits per heavy atom. The van der Waals surface area contributed by atoms with Gasteiger partial charge >= 0.3 is 0 Å². The SMILES string of the molecule is CCNC1CCC(S(=O)(=O)C(C)C)CC1C. The van der Waals surface area contributed by atoms with E-state index in [2.05, 4.69) is 19.2 Å². The van der Waals surface area contributed by atoms with Gasteiger partial charge in [0, 0.05) is 6.04 Å². The number of rotatable bonds is 4. The van der Waals surface area contributed by atoms with Crippen LogP contribution >= 0.6 is 0 Å². The van der Waals surface area contributed by atoms with Crippen molar-refractivity contribution in [2.75, 3.05) is 6.54 Å². The largest absolute Gasteiger partial charge is 0.314 e. The second kappa shape index (κ2) is 5.50. The van der Waals surface area contributed by atoms with E-state index in [1.54, 1.807) is 13.8 Å². The molecule has 96 valence electrons. The molecule has 0 bridgehead atoms. The van der Waals surface area contributed by atoms with Crippen LogP contribution in [0.15, 0.2) is 0 Å². The fourth-order valence-electron chi connectivity index (χ4n) is 2.60. The molecule has 0 heterocycles. The molecule has 1 saturated carbocycles. The van der Waals surface area contributed by atoms with Crippen LogP contribution in [0.5, 0.6) is 0 Å². The topological polar surface area (TPSA) is 46.2 Å². The minimum absolute atomic E-state index is 0.114. The first-order chi connectivity index (χ1) is 7.39. The van der Waals surface area contributed by atoms with E-state index in [1.165, 1.54) is 0 Å². The zero-order valence-corrected chi connectivity index (χ0v) is 11.7. The fourth-order valence-corrected chi connectivity index (χ4v) is 4.40. The Kier molecular flexibility index (Phi) is 4.80. The molecule has 0 saturated heterocycles. The third kappa shape index (κ3) is 2.98. The maximum atomic E-state index is 12.1. The fraction of sp³-hybridized carbons (Fsp3) is 1.00. The maximum Gasteiger partial charge on any atom is 0.155 e. The molecule has 1 aliphatic rings. The molecule has 4 heteroatoms. The average molecular weight is 247 g/mol. The van der Waals surface area contributed by atoms with E-state index < -0.39 is 9.84 Å². The smallest absolute Gasteiger partial charge is 0.155 e. The third-order valence-corrected chi connectivity index (χ3v) is 6.38. The molecular formula is C12H25NO2S. The van der Waals surface area contributed by atoms with Crippen molar-refractivity contribution >= 4 is 9.84 Å². The van der Waals surface area contributed by atoms with Crippen LogP contribution in [-0.4, -0.2) is 31.5 Å². The summed E-state index contributed by atoms with van der Waals surface area (Å²) in [5, 5.41) is 3.09. The molecule has 0 aliphatic heterocycles. The van der Waals surface area contributed by atoms with Crippen molar-refractivity contribution in [2.24, 2.45) is 5.92 Å². The lowest BCUT2D eigenvalue weighted by Gasteiger charge is -2.35. The lowest BCUT2D eigenvalue weighted by Crippen LogP contribution is -2.43. The molecule has 0 spiro atoms. The summed E-state index contributed by atoms with van der Waals surface area (Å²) in [6, 6.07) is 0.503. The summed E-state index contributed by atoms with van der Waals surface area (Å²) in [5.74, 6) is 0.465. The van der Waals surface area contributed by atoms with E-state index in [0.29, 0.717) is 12.0 Å². The monoisotopic (exact) mass is 247 g/mol. The van der Waals surface area contributed by atoms with Crippen molar-refractivity contribution in [3.05, 3.63) is 0 Å². The normalized spacial score (nSPS) is 31.9. The Balaban J connectivity index is 2.65. The first-order valence-electron chi connectivity index (χ1n) is 6.35. The zero-order valence-electron chi connectivity index (χ0n) is 10.9. The molecule has 3 unspecified atom stereocenters. The van der Waals surface area contributed by atoms with Crippen LogP contribution in [0.25, 0.3) is 0 Å². The second-order valence-electron chi connectivity index (χ2n) is 5.21. The van der Waals surface area contributed by atoms with Crippen LogP contribution in [0.4, 0.5) is 0 Å². The van der Waals surface area contributed by atoms with Crippen LogP contribution in [-0.2, 0) is 9.84 Å². The predicted molar refractivity (Wildman–Crippen MR) is 68.3 cm³/mol. The van der Waals surface area contributed by atoms with E-state index in [9.17, 15) is 8.42 Å². The maximum absolute atomic E-state index is 12.1. The zero-order chi connectivity index (χ0) is 12.3. The van der Waals surface area contributed by atoms with Crippen molar-refractivity contribution < 1.29 is 8.42 Å². The van der Waals surface area contributed by atoms with Gasteiger partial charge in [-0.25, -0.2) is 8.42 Å². The molecule has 0 aromatic rings. The molecule has 1 fully saturated rings. The van der Waals surface area contributed by atoms with E-state index in [0.717, 1.165) is 25.8 Å². The van der Waals surface area contributed by atoms with Crippen LogP contribution in [0.1, 0.15) is 47.0 Å². The molecule has 0 aromatic heterocycles. The Morgan fingerprint density at radius 3 is 2.38 bits per heavy atom. The second-order valence-corrected chi connectivity index (χ2v) is 8.00. The Morgan fingerprint density at radius 2 is 1.94 bits per heavy atom. The van der Waals surface area contributed by atoms with Crippen LogP contribution in [0.2, 0.25) is 0 Å². The molecule has 0 aromatic carbocycles. The summed E-state index contributed by atoms with van der Waals surface area (Å²) in [5.41, 5.74) is 0. The summed E-state index contributed by atoms with van der Waals surface area (Å²) in [7, 11) is -2.90. The summed E-state index contributed by atoms with van der Waals surface area (Å²) in [6.45, 7) is 8.81. The highest BCUT2D eigenvalue weighted by molar-refractivity contribution is 7.92. The van der Waals surface area contributed by atoms with Gasteiger partial charge in [-0.3, -0.25) is 0 Å². The summed E-state index contributed by atoms with van der Waals surface area (Å²) in [4.78, 5) is 0. The summed E-state index contributed by atoms with van der Waals surface area (Å²) < 4.78 is 24.2. The molecule has 3 atom stereocenters. The number of nitrogens with one attached hydrogen (secondary N) is 1. The third-order valence-electron chi connectivity index (χ3n) is 3.71. The van der Waals surface area contributed by atoms with Crippen LogP contribution in [0, 0.1) is 5.92 Å². The summed E-state index contributed by atoms with van der Waals surface area (Å²) in [6.07, 6.45) is 2.63. The lowest BCUT2D eigenvalue weighted by molar-refractivity contribution is 0.285. The number of hydrogen-bond acceptors (Lipinski definition) is 3. The van der Waals surface area contributed by atoms with E-state index >= 15 is 0 Å². The van der Waals surface area contributed by atoms with Crippen LogP contribution in [0.3, 0.4) is 0 Å². The van der Waals surface area contributed by atoms with Gasteiger partial charge in [-0.05, 0) is 45.6 Å². The van der Waals surface area contributed by atoms with Crippen molar-refractivity contribution in [1.82, 2.24) is 5.32 Å². The van der Waals surface area contributed by atoms with Gasteiger partial charge < -0.3 is 5.32 Å². The highest BCUT2D eigenvalue weighted by Gasteiger charge is 2.35. The van der Waals surface area contributed by atoms with E-state index in [1.807, 2.05) is 0 Å². The molecular weight excluding hydrogens is 222 g/mol. The van der Waals surface area contributed by atoms with Gasteiger partial charge in [0.15, 0.2) is 9.84 Å².